The molecule has 1 aromatic heterocycles. The molecule has 1 aliphatic carbocycles. The Morgan fingerprint density at radius 1 is 1.19 bits per heavy atom. The molecular formula is C12H16N2O2. The summed E-state index contributed by atoms with van der Waals surface area (Å²) in [7, 11) is 0. The summed E-state index contributed by atoms with van der Waals surface area (Å²) in [5, 5.41) is 0. The fourth-order valence-electron chi connectivity index (χ4n) is 2.31. The van der Waals surface area contributed by atoms with Crippen molar-refractivity contribution in [3.63, 3.8) is 0 Å². The number of hydrogen-bond donors (Lipinski definition) is 1. The fourth-order valence-corrected chi connectivity index (χ4v) is 2.31. The van der Waals surface area contributed by atoms with Crippen LogP contribution in [-0.2, 0) is 4.74 Å². The highest BCUT2D eigenvalue weighted by Crippen LogP contribution is 2.39. The molecule has 0 spiro atoms. The van der Waals surface area contributed by atoms with Gasteiger partial charge in [-0.3, -0.25) is 0 Å². The van der Waals surface area contributed by atoms with Gasteiger partial charge in [0.05, 0.1) is 5.69 Å². The van der Waals surface area contributed by atoms with Crippen LogP contribution in [0.3, 0.4) is 0 Å². The van der Waals surface area contributed by atoms with E-state index in [1.165, 1.54) is 12.8 Å². The third-order valence-corrected chi connectivity index (χ3v) is 3.44. The summed E-state index contributed by atoms with van der Waals surface area (Å²) in [6.07, 6.45) is 4.38. The van der Waals surface area contributed by atoms with E-state index in [4.69, 9.17) is 4.74 Å². The normalized spacial score (nSPS) is 22.2. The maximum atomic E-state index is 11.5. The van der Waals surface area contributed by atoms with Gasteiger partial charge in [0, 0.05) is 30.7 Å². The molecule has 0 atom stereocenters. The van der Waals surface area contributed by atoms with Crippen LogP contribution in [0.2, 0.25) is 0 Å². The van der Waals surface area contributed by atoms with Gasteiger partial charge in [0.25, 0.3) is 0 Å². The Kier molecular flexibility index (Phi) is 2.52. The molecule has 1 N–H and O–H groups in total. The lowest BCUT2D eigenvalue weighted by Crippen LogP contribution is -2.21. The standard InChI is InChI=1S/C12H16N2O2/c15-12-13-10(8-1-2-8)7-11(14-12)9-3-5-16-6-4-9/h7-9H,1-6H2,(H,13,14,15). The van der Waals surface area contributed by atoms with Gasteiger partial charge in [0.15, 0.2) is 0 Å². The lowest BCUT2D eigenvalue weighted by atomic mass is 9.95. The van der Waals surface area contributed by atoms with Crippen molar-refractivity contribution in [2.75, 3.05) is 13.2 Å². The van der Waals surface area contributed by atoms with Gasteiger partial charge >= 0.3 is 5.69 Å². The molecule has 0 aromatic carbocycles. The molecule has 3 rings (SSSR count). The van der Waals surface area contributed by atoms with Crippen molar-refractivity contribution in [3.05, 3.63) is 27.9 Å². The van der Waals surface area contributed by atoms with Crippen molar-refractivity contribution in [1.29, 1.82) is 0 Å². The van der Waals surface area contributed by atoms with E-state index in [2.05, 4.69) is 16.0 Å². The van der Waals surface area contributed by atoms with Crippen molar-refractivity contribution < 1.29 is 4.74 Å². The number of nitrogens with zero attached hydrogens (tertiary/aromatic N) is 1. The number of aromatic nitrogens is 2. The maximum absolute atomic E-state index is 11.5. The first-order valence-electron chi connectivity index (χ1n) is 6.02. The molecule has 4 nitrogen and oxygen atoms in total. The second-order valence-electron chi connectivity index (χ2n) is 4.73. The average molecular weight is 220 g/mol. The van der Waals surface area contributed by atoms with Crippen molar-refractivity contribution >= 4 is 0 Å². The van der Waals surface area contributed by atoms with Crippen molar-refractivity contribution in [2.24, 2.45) is 0 Å². The van der Waals surface area contributed by atoms with Crippen LogP contribution in [-0.4, -0.2) is 23.2 Å². The molecule has 4 heteroatoms. The molecule has 1 aliphatic heterocycles. The zero-order valence-electron chi connectivity index (χ0n) is 9.24. The second-order valence-corrected chi connectivity index (χ2v) is 4.73. The van der Waals surface area contributed by atoms with E-state index in [1.54, 1.807) is 0 Å². The molecule has 1 aromatic rings. The van der Waals surface area contributed by atoms with Gasteiger partial charge in [-0.15, -0.1) is 0 Å². The minimum Gasteiger partial charge on any atom is -0.381 e. The smallest absolute Gasteiger partial charge is 0.345 e. The number of ether oxygens (including phenoxy) is 1. The van der Waals surface area contributed by atoms with Gasteiger partial charge in [0.2, 0.25) is 0 Å². The zero-order valence-corrected chi connectivity index (χ0v) is 9.24. The summed E-state index contributed by atoms with van der Waals surface area (Å²) in [6, 6.07) is 2.09. The van der Waals surface area contributed by atoms with E-state index < -0.39 is 0 Å². The van der Waals surface area contributed by atoms with Crippen molar-refractivity contribution in [2.45, 2.75) is 37.5 Å². The van der Waals surface area contributed by atoms with E-state index in [0.717, 1.165) is 37.4 Å². The average Bonchev–Trinajstić information content (AvgIpc) is 3.13. The van der Waals surface area contributed by atoms with E-state index in [9.17, 15) is 4.79 Å². The summed E-state index contributed by atoms with van der Waals surface area (Å²) >= 11 is 0. The highest BCUT2D eigenvalue weighted by molar-refractivity contribution is 5.19. The van der Waals surface area contributed by atoms with Gasteiger partial charge in [-0.05, 0) is 31.7 Å². The second kappa shape index (κ2) is 4.01. The molecule has 0 unspecified atom stereocenters. The third kappa shape index (κ3) is 2.02. The molecule has 2 aliphatic rings. The van der Waals surface area contributed by atoms with Crippen molar-refractivity contribution in [3.8, 4) is 0 Å². The Morgan fingerprint density at radius 3 is 2.62 bits per heavy atom. The van der Waals surface area contributed by atoms with Crippen LogP contribution in [0.15, 0.2) is 10.9 Å². The molecule has 0 bridgehead atoms. The number of nitrogens with one attached hydrogen (secondary N) is 1. The molecule has 2 heterocycles. The Hall–Kier alpha value is -1.16. The van der Waals surface area contributed by atoms with E-state index in [1.807, 2.05) is 0 Å². The lowest BCUT2D eigenvalue weighted by Gasteiger charge is -2.22. The molecule has 2 fully saturated rings. The van der Waals surface area contributed by atoms with Gasteiger partial charge in [-0.1, -0.05) is 0 Å². The monoisotopic (exact) mass is 220 g/mol. The van der Waals surface area contributed by atoms with Crippen LogP contribution in [0.1, 0.15) is 48.9 Å². The van der Waals surface area contributed by atoms with Crippen LogP contribution in [0.5, 0.6) is 0 Å². The highest BCUT2D eigenvalue weighted by atomic mass is 16.5. The maximum Gasteiger partial charge on any atom is 0.345 e. The van der Waals surface area contributed by atoms with E-state index in [-0.39, 0.29) is 5.69 Å². The Labute approximate surface area is 94.1 Å². The zero-order chi connectivity index (χ0) is 11.0. The fraction of sp³-hybridized carbons (Fsp3) is 0.667. The SMILES string of the molecule is O=c1nc(C2CC2)cc(C2CCOCC2)[nH]1. The van der Waals surface area contributed by atoms with Gasteiger partial charge in [0.1, 0.15) is 0 Å². The first-order chi connectivity index (χ1) is 7.83. The van der Waals surface area contributed by atoms with E-state index in [0.29, 0.717) is 11.8 Å². The Morgan fingerprint density at radius 2 is 1.94 bits per heavy atom. The first kappa shape index (κ1) is 10.0. The molecule has 16 heavy (non-hydrogen) atoms. The quantitative estimate of drug-likeness (QED) is 0.822. The first-order valence-corrected chi connectivity index (χ1v) is 6.02. The summed E-state index contributed by atoms with van der Waals surface area (Å²) in [5.74, 6) is 0.989. The Balaban J connectivity index is 1.89. The number of hydrogen-bond acceptors (Lipinski definition) is 3. The largest absolute Gasteiger partial charge is 0.381 e. The number of aromatic amines is 1. The molecular weight excluding hydrogens is 204 g/mol. The van der Waals surface area contributed by atoms with Crippen LogP contribution in [0.25, 0.3) is 0 Å². The van der Waals surface area contributed by atoms with Gasteiger partial charge in [-0.25, -0.2) is 4.79 Å². The molecule has 86 valence electrons. The lowest BCUT2D eigenvalue weighted by molar-refractivity contribution is 0.0844. The minimum absolute atomic E-state index is 0.189. The molecule has 1 saturated heterocycles. The molecule has 1 saturated carbocycles. The number of rotatable bonds is 2. The van der Waals surface area contributed by atoms with Crippen LogP contribution >= 0.6 is 0 Å². The summed E-state index contributed by atoms with van der Waals surface area (Å²) < 4.78 is 5.33. The third-order valence-electron chi connectivity index (χ3n) is 3.44. The summed E-state index contributed by atoms with van der Waals surface area (Å²) in [6.45, 7) is 1.60. The Bertz CT molecular complexity index is 431. The highest BCUT2D eigenvalue weighted by Gasteiger charge is 2.27. The van der Waals surface area contributed by atoms with Gasteiger partial charge < -0.3 is 9.72 Å². The van der Waals surface area contributed by atoms with Crippen LogP contribution in [0, 0.1) is 0 Å². The minimum atomic E-state index is -0.189. The predicted molar refractivity (Wildman–Crippen MR) is 59.6 cm³/mol. The molecule has 0 amide bonds. The predicted octanol–water partition coefficient (Wildman–Crippen LogP) is 1.54. The van der Waals surface area contributed by atoms with Crippen LogP contribution < -0.4 is 5.69 Å². The van der Waals surface area contributed by atoms with Gasteiger partial charge in [-0.2, -0.15) is 4.98 Å². The van der Waals surface area contributed by atoms with Crippen molar-refractivity contribution in [1.82, 2.24) is 9.97 Å². The van der Waals surface area contributed by atoms with Crippen LogP contribution in [0.4, 0.5) is 0 Å². The van der Waals surface area contributed by atoms with E-state index >= 15 is 0 Å². The summed E-state index contributed by atoms with van der Waals surface area (Å²) in [5.41, 5.74) is 1.86. The number of H-pyrrole nitrogens is 1. The molecule has 0 radical (unpaired) electrons. The summed E-state index contributed by atoms with van der Waals surface area (Å²) in [4.78, 5) is 18.4. The topological polar surface area (TPSA) is 55.0 Å².